The van der Waals surface area contributed by atoms with Gasteiger partial charge in [-0.3, -0.25) is 15.6 Å². The van der Waals surface area contributed by atoms with Crippen LogP contribution in [0.2, 0.25) is 0 Å². The Morgan fingerprint density at radius 2 is 1.76 bits per heavy atom. The monoisotopic (exact) mass is 411 g/mol. The van der Waals surface area contributed by atoms with Gasteiger partial charge in [-0.1, -0.05) is 30.3 Å². The molecule has 3 rings (SSSR count). The lowest BCUT2D eigenvalue weighted by molar-refractivity contribution is -0.121. The first-order valence-electron chi connectivity index (χ1n) is 9.16. The van der Waals surface area contributed by atoms with E-state index < -0.39 is 5.82 Å². The second-order valence-corrected chi connectivity index (χ2v) is 6.91. The van der Waals surface area contributed by atoms with Gasteiger partial charge < -0.3 is 5.32 Å². The van der Waals surface area contributed by atoms with Crippen molar-refractivity contribution in [3.8, 4) is 5.69 Å². The van der Waals surface area contributed by atoms with E-state index in [1.54, 1.807) is 18.2 Å². The Morgan fingerprint density at radius 1 is 1.07 bits per heavy atom. The van der Waals surface area contributed by atoms with Crippen molar-refractivity contribution in [1.29, 1.82) is 0 Å². The van der Waals surface area contributed by atoms with Gasteiger partial charge in [-0.2, -0.15) is 5.10 Å². The third kappa shape index (κ3) is 5.17. The Bertz CT molecular complexity index is 1020. The lowest BCUT2D eigenvalue weighted by Crippen LogP contribution is -2.43. The molecular weight excluding hydrogens is 389 g/mol. The van der Waals surface area contributed by atoms with E-state index >= 15 is 0 Å². The van der Waals surface area contributed by atoms with Crippen LogP contribution in [0.15, 0.2) is 54.6 Å². The molecule has 1 heterocycles. The summed E-state index contributed by atoms with van der Waals surface area (Å²) in [5, 5.41) is 7.39. The number of nitrogens with zero attached hydrogens (tertiary/aromatic N) is 2. The Hall–Kier alpha value is -3.26. The first-order chi connectivity index (χ1) is 14.0. The molecule has 0 bridgehead atoms. The summed E-state index contributed by atoms with van der Waals surface area (Å²) >= 11 is 5.07. The first-order valence-corrected chi connectivity index (χ1v) is 9.57. The van der Waals surface area contributed by atoms with E-state index in [0.717, 1.165) is 22.6 Å². The fourth-order valence-corrected chi connectivity index (χ4v) is 3.16. The van der Waals surface area contributed by atoms with Crippen LogP contribution in [0.3, 0.4) is 0 Å². The van der Waals surface area contributed by atoms with E-state index in [2.05, 4.69) is 21.3 Å². The topological polar surface area (TPSA) is 71.0 Å². The van der Waals surface area contributed by atoms with Crippen molar-refractivity contribution in [2.75, 3.05) is 5.32 Å². The number of halogens is 1. The molecular formula is C21H22FN5OS. The van der Waals surface area contributed by atoms with Crippen LogP contribution in [-0.4, -0.2) is 20.8 Å². The molecule has 29 heavy (non-hydrogen) atoms. The molecule has 0 aliphatic carbocycles. The maximum Gasteiger partial charge on any atom is 0.238 e. The van der Waals surface area contributed by atoms with Crippen LogP contribution in [0.1, 0.15) is 23.4 Å². The average Bonchev–Trinajstić information content (AvgIpc) is 3.01. The molecule has 0 atom stereocenters. The molecule has 0 radical (unpaired) electrons. The summed E-state index contributed by atoms with van der Waals surface area (Å²) in [5.41, 5.74) is 9.27. The maximum absolute atomic E-state index is 13.6. The van der Waals surface area contributed by atoms with Gasteiger partial charge in [0.2, 0.25) is 5.91 Å². The summed E-state index contributed by atoms with van der Waals surface area (Å²) in [4.78, 5) is 12.2. The number of aromatic nitrogens is 2. The number of anilines is 1. The number of hydrazine groups is 1. The minimum absolute atomic E-state index is 0.104. The number of rotatable bonds is 5. The van der Waals surface area contributed by atoms with Gasteiger partial charge >= 0.3 is 0 Å². The Kier molecular flexibility index (Phi) is 6.56. The zero-order valence-electron chi connectivity index (χ0n) is 16.2. The molecule has 0 spiro atoms. The molecule has 0 saturated carbocycles. The van der Waals surface area contributed by atoms with Crippen LogP contribution in [0.4, 0.5) is 10.1 Å². The van der Waals surface area contributed by atoms with E-state index in [1.807, 2.05) is 48.9 Å². The fraction of sp³-hybridized carbons (Fsp3) is 0.190. The molecule has 8 heteroatoms. The highest BCUT2D eigenvalue weighted by Crippen LogP contribution is 2.19. The van der Waals surface area contributed by atoms with Crippen LogP contribution in [0.5, 0.6) is 0 Å². The molecule has 6 nitrogen and oxygen atoms in total. The average molecular weight is 412 g/mol. The summed E-state index contributed by atoms with van der Waals surface area (Å²) in [6.45, 7) is 3.93. The molecule has 150 valence electrons. The zero-order chi connectivity index (χ0) is 20.8. The molecule has 3 aromatic rings. The predicted molar refractivity (Wildman–Crippen MR) is 115 cm³/mol. The number of hydrogen-bond acceptors (Lipinski definition) is 3. The highest BCUT2D eigenvalue weighted by molar-refractivity contribution is 7.80. The quantitative estimate of drug-likeness (QED) is 0.442. The van der Waals surface area contributed by atoms with Gasteiger partial charge in [-0.25, -0.2) is 9.07 Å². The molecule has 2 aromatic carbocycles. The van der Waals surface area contributed by atoms with Crippen molar-refractivity contribution in [3.63, 3.8) is 0 Å². The Labute approximate surface area is 174 Å². The van der Waals surface area contributed by atoms with Gasteiger partial charge in [0.05, 0.1) is 17.1 Å². The van der Waals surface area contributed by atoms with Crippen LogP contribution >= 0.6 is 12.2 Å². The molecule has 0 fully saturated rings. The van der Waals surface area contributed by atoms with Crippen LogP contribution < -0.4 is 16.2 Å². The smallest absolute Gasteiger partial charge is 0.238 e. The van der Waals surface area contributed by atoms with E-state index in [0.29, 0.717) is 6.42 Å². The number of aryl methyl sites for hydroxylation is 1. The standard InChI is InChI=1S/C21H22FN5OS/c1-14-17(15(2)27(26-14)16-8-4-3-5-9-16)12-13-20(28)24-25-21(29)23-19-11-7-6-10-18(19)22/h3-11H,12-13H2,1-2H3,(H,24,28)(H2,23,25,29). The van der Waals surface area contributed by atoms with Crippen LogP contribution in [0, 0.1) is 19.7 Å². The maximum atomic E-state index is 13.6. The summed E-state index contributed by atoms with van der Waals surface area (Å²) < 4.78 is 15.5. The number of hydrogen-bond donors (Lipinski definition) is 3. The predicted octanol–water partition coefficient (Wildman–Crippen LogP) is 3.58. The molecule has 0 saturated heterocycles. The van der Waals surface area contributed by atoms with Crippen molar-refractivity contribution in [3.05, 3.63) is 77.4 Å². The van der Waals surface area contributed by atoms with Crippen LogP contribution in [-0.2, 0) is 11.2 Å². The second kappa shape index (κ2) is 9.29. The minimum atomic E-state index is -0.427. The second-order valence-electron chi connectivity index (χ2n) is 6.50. The van der Waals surface area contributed by atoms with Gasteiger partial charge in [0.15, 0.2) is 5.11 Å². The highest BCUT2D eigenvalue weighted by Gasteiger charge is 2.14. The number of amides is 1. The van der Waals surface area contributed by atoms with E-state index in [9.17, 15) is 9.18 Å². The zero-order valence-corrected chi connectivity index (χ0v) is 17.0. The number of carbonyl (C=O) groups is 1. The Balaban J connectivity index is 1.53. The summed E-state index contributed by atoms with van der Waals surface area (Å²) in [7, 11) is 0. The molecule has 0 aliphatic rings. The summed E-state index contributed by atoms with van der Waals surface area (Å²) in [5.74, 6) is -0.654. The first kappa shape index (κ1) is 20.5. The number of para-hydroxylation sites is 2. The third-order valence-electron chi connectivity index (χ3n) is 4.48. The lowest BCUT2D eigenvalue weighted by Gasteiger charge is -2.12. The normalized spacial score (nSPS) is 10.4. The number of thiocarbonyl (C=S) groups is 1. The minimum Gasteiger partial charge on any atom is -0.329 e. The van der Waals surface area contributed by atoms with Gasteiger partial charge in [0, 0.05) is 12.1 Å². The van der Waals surface area contributed by atoms with Gasteiger partial charge in [0.1, 0.15) is 5.82 Å². The van der Waals surface area contributed by atoms with Gasteiger partial charge in [-0.05, 0) is 62.3 Å². The molecule has 0 aliphatic heterocycles. The van der Waals surface area contributed by atoms with Crippen molar-refractivity contribution >= 4 is 28.9 Å². The van der Waals surface area contributed by atoms with Crippen molar-refractivity contribution in [2.45, 2.75) is 26.7 Å². The molecule has 3 N–H and O–H groups in total. The summed E-state index contributed by atoms with van der Waals surface area (Å²) in [6.07, 6.45) is 0.809. The SMILES string of the molecule is Cc1nn(-c2ccccc2)c(C)c1CCC(=O)NNC(=S)Nc1ccccc1F. The van der Waals surface area contributed by atoms with Crippen LogP contribution in [0.25, 0.3) is 5.69 Å². The number of benzene rings is 2. The van der Waals surface area contributed by atoms with Crippen molar-refractivity contribution in [2.24, 2.45) is 0 Å². The third-order valence-corrected chi connectivity index (χ3v) is 4.69. The van der Waals surface area contributed by atoms with Gasteiger partial charge in [0.25, 0.3) is 0 Å². The fourth-order valence-electron chi connectivity index (χ4n) is 3.00. The lowest BCUT2D eigenvalue weighted by atomic mass is 10.1. The van der Waals surface area contributed by atoms with Gasteiger partial charge in [-0.15, -0.1) is 0 Å². The highest BCUT2D eigenvalue weighted by atomic mass is 32.1. The van der Waals surface area contributed by atoms with E-state index in [4.69, 9.17) is 12.2 Å². The van der Waals surface area contributed by atoms with Crippen molar-refractivity contribution < 1.29 is 9.18 Å². The largest absolute Gasteiger partial charge is 0.329 e. The summed E-state index contributed by atoms with van der Waals surface area (Å²) in [6, 6.07) is 16.0. The molecule has 1 aromatic heterocycles. The molecule has 1 amide bonds. The molecule has 0 unspecified atom stereocenters. The van der Waals surface area contributed by atoms with E-state index in [-0.39, 0.29) is 23.1 Å². The Morgan fingerprint density at radius 3 is 2.48 bits per heavy atom. The number of nitrogens with one attached hydrogen (secondary N) is 3. The number of carbonyl (C=O) groups excluding carboxylic acids is 1. The van der Waals surface area contributed by atoms with E-state index in [1.165, 1.54) is 6.07 Å². The van der Waals surface area contributed by atoms with Crippen molar-refractivity contribution in [1.82, 2.24) is 20.6 Å².